The molecule has 0 radical (unpaired) electrons. The highest BCUT2D eigenvalue weighted by Crippen LogP contribution is 2.16. The Hall–Kier alpha value is -1.31. The van der Waals surface area contributed by atoms with E-state index in [4.69, 9.17) is 10.5 Å². The maximum absolute atomic E-state index is 11.8. The van der Waals surface area contributed by atoms with Gasteiger partial charge in [-0.15, -0.1) is 12.4 Å². The van der Waals surface area contributed by atoms with E-state index < -0.39 is 21.8 Å². The second-order valence-corrected chi connectivity index (χ2v) is 7.15. The molecule has 0 bridgehead atoms. The summed E-state index contributed by atoms with van der Waals surface area (Å²) < 4.78 is 27.5. The van der Waals surface area contributed by atoms with Gasteiger partial charge in [-0.3, -0.25) is 4.79 Å². The largest absolute Gasteiger partial charge is 0.494 e. The van der Waals surface area contributed by atoms with E-state index in [9.17, 15) is 13.2 Å². The van der Waals surface area contributed by atoms with Crippen LogP contribution in [0.5, 0.6) is 5.75 Å². The average molecular weight is 351 g/mol. The topological polar surface area (TPSA) is 98.5 Å². The molecule has 0 saturated heterocycles. The van der Waals surface area contributed by atoms with Gasteiger partial charge in [-0.2, -0.15) is 0 Å². The molecule has 0 saturated carbocycles. The van der Waals surface area contributed by atoms with Crippen LogP contribution >= 0.6 is 12.4 Å². The summed E-state index contributed by atoms with van der Waals surface area (Å²) in [5.41, 5.74) is 6.26. The minimum atomic E-state index is -3.12. The summed E-state index contributed by atoms with van der Waals surface area (Å²) in [7, 11) is -3.12. The zero-order chi connectivity index (χ0) is 15.9. The van der Waals surface area contributed by atoms with Crippen LogP contribution in [0.15, 0.2) is 24.3 Å². The van der Waals surface area contributed by atoms with E-state index in [0.29, 0.717) is 12.3 Å². The predicted octanol–water partition coefficient (Wildman–Crippen LogP) is 1.60. The lowest BCUT2D eigenvalue weighted by Gasteiger charge is -2.12. The molecular formula is C14H23ClN2O4S. The fraction of sp³-hybridized carbons (Fsp3) is 0.500. The number of nitrogens with two attached hydrogens (primary N) is 1. The molecule has 1 amide bonds. The first-order valence-electron chi connectivity index (χ1n) is 6.79. The van der Waals surface area contributed by atoms with Crippen molar-refractivity contribution in [2.75, 3.05) is 23.9 Å². The summed E-state index contributed by atoms with van der Waals surface area (Å²) in [6.07, 6.45) is 2.14. The van der Waals surface area contributed by atoms with Crippen LogP contribution in [0.4, 0.5) is 5.69 Å². The molecule has 0 aliphatic heterocycles. The molecule has 1 atom stereocenters. The number of benzene rings is 1. The van der Waals surface area contributed by atoms with Crippen molar-refractivity contribution in [2.24, 2.45) is 5.73 Å². The van der Waals surface area contributed by atoms with Crippen molar-refractivity contribution in [3.05, 3.63) is 24.3 Å². The van der Waals surface area contributed by atoms with Crippen molar-refractivity contribution in [2.45, 2.75) is 25.8 Å². The Kier molecular flexibility index (Phi) is 9.08. The Morgan fingerprint density at radius 1 is 1.32 bits per heavy atom. The van der Waals surface area contributed by atoms with Gasteiger partial charge in [0.1, 0.15) is 15.6 Å². The number of rotatable bonds is 8. The lowest BCUT2D eigenvalue weighted by molar-refractivity contribution is -0.117. The number of carbonyl (C=O) groups excluding carboxylic acids is 1. The lowest BCUT2D eigenvalue weighted by atomic mass is 10.2. The number of ether oxygens (including phenoxy) is 1. The fourth-order valence-electron chi connectivity index (χ4n) is 1.56. The molecule has 1 aromatic rings. The Labute approximate surface area is 137 Å². The molecule has 22 heavy (non-hydrogen) atoms. The maximum Gasteiger partial charge on any atom is 0.241 e. The van der Waals surface area contributed by atoms with Crippen molar-refractivity contribution in [1.29, 1.82) is 0 Å². The molecule has 6 nitrogen and oxygen atoms in total. The van der Waals surface area contributed by atoms with Crippen LogP contribution in [-0.4, -0.2) is 39.0 Å². The molecule has 0 heterocycles. The fourth-order valence-corrected chi connectivity index (χ4v) is 2.24. The normalized spacial score (nSPS) is 12.1. The monoisotopic (exact) mass is 350 g/mol. The minimum Gasteiger partial charge on any atom is -0.494 e. The molecular weight excluding hydrogens is 328 g/mol. The zero-order valence-electron chi connectivity index (χ0n) is 12.7. The van der Waals surface area contributed by atoms with Gasteiger partial charge >= 0.3 is 0 Å². The summed E-state index contributed by atoms with van der Waals surface area (Å²) in [6.45, 7) is 2.66. The molecule has 8 heteroatoms. The summed E-state index contributed by atoms with van der Waals surface area (Å²) in [5, 5.41) is 2.65. The van der Waals surface area contributed by atoms with Gasteiger partial charge in [0.05, 0.1) is 18.4 Å². The van der Waals surface area contributed by atoms with Crippen molar-refractivity contribution >= 4 is 33.8 Å². The number of halogens is 1. The first kappa shape index (κ1) is 20.7. The van der Waals surface area contributed by atoms with E-state index >= 15 is 0 Å². The summed E-state index contributed by atoms with van der Waals surface area (Å²) in [5.74, 6) is 0.225. The van der Waals surface area contributed by atoms with Gasteiger partial charge in [0, 0.05) is 11.9 Å². The van der Waals surface area contributed by atoms with Crippen LogP contribution < -0.4 is 15.8 Å². The average Bonchev–Trinajstić information content (AvgIpc) is 2.43. The molecule has 1 aromatic carbocycles. The van der Waals surface area contributed by atoms with Gasteiger partial charge in [-0.1, -0.05) is 6.92 Å². The number of amides is 1. The van der Waals surface area contributed by atoms with Gasteiger partial charge in [0.25, 0.3) is 0 Å². The lowest BCUT2D eigenvalue weighted by Crippen LogP contribution is -2.37. The first-order chi connectivity index (χ1) is 9.81. The molecule has 0 fully saturated rings. The van der Waals surface area contributed by atoms with E-state index in [1.165, 1.54) is 0 Å². The second kappa shape index (κ2) is 9.66. The van der Waals surface area contributed by atoms with E-state index in [1.807, 2.05) is 6.92 Å². The third-order valence-electron chi connectivity index (χ3n) is 2.73. The Morgan fingerprint density at radius 3 is 2.41 bits per heavy atom. The number of carbonyl (C=O) groups is 1. The number of anilines is 1. The van der Waals surface area contributed by atoms with Gasteiger partial charge < -0.3 is 15.8 Å². The SMILES string of the molecule is CCCOc1ccc(NC(=O)C(N)CCS(C)(=O)=O)cc1.Cl. The van der Waals surface area contributed by atoms with Crippen LogP contribution in [0.2, 0.25) is 0 Å². The molecule has 0 aliphatic carbocycles. The number of hydrogen-bond acceptors (Lipinski definition) is 5. The number of sulfone groups is 1. The zero-order valence-corrected chi connectivity index (χ0v) is 14.4. The standard InChI is InChI=1S/C14H22N2O4S.ClH/c1-3-9-20-12-6-4-11(5-7-12)16-14(17)13(15)8-10-21(2,18)19;/h4-7,13H,3,8-10,15H2,1-2H3,(H,16,17);1H. The van der Waals surface area contributed by atoms with Gasteiger partial charge in [-0.25, -0.2) is 8.42 Å². The predicted molar refractivity (Wildman–Crippen MR) is 90.4 cm³/mol. The third-order valence-corrected chi connectivity index (χ3v) is 3.71. The van der Waals surface area contributed by atoms with Crippen molar-refractivity contribution in [3.8, 4) is 5.75 Å². The van der Waals surface area contributed by atoms with Crippen LogP contribution in [0.3, 0.4) is 0 Å². The van der Waals surface area contributed by atoms with E-state index in [-0.39, 0.29) is 24.6 Å². The molecule has 3 N–H and O–H groups in total. The van der Waals surface area contributed by atoms with Crippen molar-refractivity contribution in [1.82, 2.24) is 0 Å². The van der Waals surface area contributed by atoms with Crippen molar-refractivity contribution < 1.29 is 17.9 Å². The van der Waals surface area contributed by atoms with Crippen LogP contribution in [0.25, 0.3) is 0 Å². The highest BCUT2D eigenvalue weighted by Gasteiger charge is 2.16. The molecule has 0 aromatic heterocycles. The number of nitrogens with one attached hydrogen (secondary N) is 1. The Morgan fingerprint density at radius 2 is 1.91 bits per heavy atom. The van der Waals surface area contributed by atoms with Gasteiger partial charge in [0.15, 0.2) is 0 Å². The highest BCUT2D eigenvalue weighted by atomic mass is 35.5. The first-order valence-corrected chi connectivity index (χ1v) is 8.85. The van der Waals surface area contributed by atoms with E-state index in [1.54, 1.807) is 24.3 Å². The van der Waals surface area contributed by atoms with E-state index in [0.717, 1.165) is 18.4 Å². The van der Waals surface area contributed by atoms with Crippen LogP contribution in [-0.2, 0) is 14.6 Å². The molecule has 126 valence electrons. The third kappa shape index (κ3) is 8.21. The Bertz CT molecular complexity index is 561. The molecule has 1 rings (SSSR count). The Balaban J connectivity index is 0.00000441. The molecule has 0 aliphatic rings. The number of hydrogen-bond donors (Lipinski definition) is 2. The van der Waals surface area contributed by atoms with Crippen molar-refractivity contribution in [3.63, 3.8) is 0 Å². The quantitative estimate of drug-likeness (QED) is 0.742. The van der Waals surface area contributed by atoms with Crippen LogP contribution in [0.1, 0.15) is 19.8 Å². The maximum atomic E-state index is 11.8. The summed E-state index contributed by atoms with van der Waals surface area (Å²) >= 11 is 0. The van der Waals surface area contributed by atoms with E-state index in [2.05, 4.69) is 5.32 Å². The second-order valence-electron chi connectivity index (χ2n) is 4.89. The molecule has 1 unspecified atom stereocenters. The smallest absolute Gasteiger partial charge is 0.241 e. The molecule has 0 spiro atoms. The van der Waals surface area contributed by atoms with Crippen LogP contribution in [0, 0.1) is 0 Å². The highest BCUT2D eigenvalue weighted by molar-refractivity contribution is 7.90. The summed E-state index contributed by atoms with van der Waals surface area (Å²) in [4.78, 5) is 11.8. The van der Waals surface area contributed by atoms with Gasteiger partial charge in [-0.05, 0) is 37.1 Å². The summed E-state index contributed by atoms with van der Waals surface area (Å²) in [6, 6.07) is 6.09. The van der Waals surface area contributed by atoms with Gasteiger partial charge in [0.2, 0.25) is 5.91 Å². The minimum absolute atomic E-state index is 0.